The smallest absolute Gasteiger partial charge is 0.408 e. The zero-order chi connectivity index (χ0) is 31.8. The van der Waals surface area contributed by atoms with Crippen LogP contribution in [0.1, 0.15) is 97.9 Å². The van der Waals surface area contributed by atoms with Crippen molar-refractivity contribution in [2.75, 3.05) is 0 Å². The molecule has 0 heterocycles. The summed E-state index contributed by atoms with van der Waals surface area (Å²) in [5.74, 6) is -0.179. The van der Waals surface area contributed by atoms with Crippen LogP contribution in [0.2, 0.25) is 0 Å². The van der Waals surface area contributed by atoms with E-state index < -0.39 is 29.3 Å². The lowest BCUT2D eigenvalue weighted by atomic mass is 9.94. The fourth-order valence-corrected chi connectivity index (χ4v) is 4.73. The molecule has 0 aliphatic carbocycles. The average molecular weight is 582 g/mol. The summed E-state index contributed by atoms with van der Waals surface area (Å²) in [6, 6.07) is 11.9. The molecule has 8 heteroatoms. The molecule has 0 bridgehead atoms. The van der Waals surface area contributed by atoms with Gasteiger partial charge in [0.25, 0.3) is 0 Å². The molecule has 2 aromatic carbocycles. The van der Waals surface area contributed by atoms with Crippen molar-refractivity contribution < 1.29 is 24.2 Å². The number of hydrogen-bond donors (Lipinski definition) is 3. The lowest BCUT2D eigenvalue weighted by molar-refractivity contribution is -0.145. The van der Waals surface area contributed by atoms with Gasteiger partial charge in [-0.1, -0.05) is 55.8 Å². The minimum atomic E-state index is -1.03. The Balaban J connectivity index is 2.67. The van der Waals surface area contributed by atoms with E-state index in [0.717, 1.165) is 17.5 Å². The number of alkyl carbamates (subject to hydrolysis) is 1. The largest absolute Gasteiger partial charge is 0.508 e. The van der Waals surface area contributed by atoms with Crippen LogP contribution in [0.5, 0.6) is 5.75 Å². The molecule has 0 saturated heterocycles. The van der Waals surface area contributed by atoms with Gasteiger partial charge in [0.05, 0.1) is 0 Å². The first-order valence-electron chi connectivity index (χ1n) is 14.8. The van der Waals surface area contributed by atoms with E-state index >= 15 is 0 Å². The summed E-state index contributed by atoms with van der Waals surface area (Å²) in [6.45, 7) is 19.2. The monoisotopic (exact) mass is 581 g/mol. The summed E-state index contributed by atoms with van der Waals surface area (Å²) in [6.07, 6.45) is 0.954. The highest BCUT2D eigenvalue weighted by Crippen LogP contribution is 2.29. The van der Waals surface area contributed by atoms with Gasteiger partial charge in [0.1, 0.15) is 23.4 Å². The molecule has 42 heavy (non-hydrogen) atoms. The van der Waals surface area contributed by atoms with Crippen molar-refractivity contribution in [3.05, 3.63) is 65.2 Å². The molecule has 0 radical (unpaired) electrons. The number of amides is 3. The summed E-state index contributed by atoms with van der Waals surface area (Å²) >= 11 is 0. The third-order valence-corrected chi connectivity index (χ3v) is 6.64. The molecule has 2 aromatic rings. The van der Waals surface area contributed by atoms with Crippen LogP contribution >= 0.6 is 0 Å². The SMILES string of the molecule is Cc1cccc(C(C(=O)NC(C)(C)C)N(C(=O)C(Cc2ccc(O)cc2)NC(=O)OC(C)(C)C)C(C)CCC(C)C)c1. The zero-order valence-corrected chi connectivity index (χ0v) is 27.1. The van der Waals surface area contributed by atoms with Crippen molar-refractivity contribution in [2.45, 2.75) is 118 Å². The minimum Gasteiger partial charge on any atom is -0.508 e. The quantitative estimate of drug-likeness (QED) is 0.283. The summed E-state index contributed by atoms with van der Waals surface area (Å²) in [4.78, 5) is 43.4. The van der Waals surface area contributed by atoms with Gasteiger partial charge in [-0.25, -0.2) is 4.79 Å². The maximum Gasteiger partial charge on any atom is 0.408 e. The molecule has 2 rings (SSSR count). The second-order valence-electron chi connectivity index (χ2n) is 13.7. The Morgan fingerprint density at radius 2 is 1.55 bits per heavy atom. The van der Waals surface area contributed by atoms with Gasteiger partial charge in [-0.3, -0.25) is 9.59 Å². The molecule has 0 aliphatic rings. The zero-order valence-electron chi connectivity index (χ0n) is 27.1. The third kappa shape index (κ3) is 11.4. The van der Waals surface area contributed by atoms with Gasteiger partial charge in [-0.2, -0.15) is 0 Å². The number of rotatable bonds is 11. The molecule has 3 N–H and O–H groups in total. The van der Waals surface area contributed by atoms with Crippen LogP contribution in [-0.2, 0) is 20.7 Å². The number of nitrogens with one attached hydrogen (secondary N) is 2. The normalized spacial score (nSPS) is 14.1. The molecule has 3 atom stereocenters. The van der Waals surface area contributed by atoms with Gasteiger partial charge in [-0.05, 0) is 97.4 Å². The molecule has 0 aliphatic heterocycles. The molecule has 3 unspecified atom stereocenters. The number of aryl methyl sites for hydroxylation is 1. The Morgan fingerprint density at radius 1 is 0.929 bits per heavy atom. The number of phenolic OH excluding ortho intramolecular Hbond substituents is 1. The molecule has 3 amide bonds. The Kier molecular flexibility index (Phi) is 12.0. The number of carbonyl (C=O) groups excluding carboxylic acids is 3. The Hall–Kier alpha value is -3.55. The second-order valence-corrected chi connectivity index (χ2v) is 13.7. The van der Waals surface area contributed by atoms with E-state index in [1.54, 1.807) is 49.9 Å². The highest BCUT2D eigenvalue weighted by Gasteiger charge is 2.39. The molecule has 8 nitrogen and oxygen atoms in total. The van der Waals surface area contributed by atoms with Crippen LogP contribution in [-0.4, -0.2) is 51.1 Å². The Labute approximate surface area is 252 Å². The summed E-state index contributed by atoms with van der Waals surface area (Å²) in [5, 5.41) is 15.7. The van der Waals surface area contributed by atoms with Crippen molar-refractivity contribution in [3.63, 3.8) is 0 Å². The predicted molar refractivity (Wildman–Crippen MR) is 167 cm³/mol. The van der Waals surface area contributed by atoms with Crippen LogP contribution < -0.4 is 10.6 Å². The lowest BCUT2D eigenvalue weighted by Crippen LogP contribution is -2.57. The summed E-state index contributed by atoms with van der Waals surface area (Å²) in [7, 11) is 0. The first-order valence-corrected chi connectivity index (χ1v) is 14.8. The maximum absolute atomic E-state index is 14.7. The lowest BCUT2D eigenvalue weighted by Gasteiger charge is -2.40. The number of carbonyl (C=O) groups is 3. The van der Waals surface area contributed by atoms with Gasteiger partial charge in [-0.15, -0.1) is 0 Å². The van der Waals surface area contributed by atoms with E-state index in [4.69, 9.17) is 4.74 Å². The number of ether oxygens (including phenoxy) is 1. The highest BCUT2D eigenvalue weighted by molar-refractivity contribution is 5.92. The molecule has 0 fully saturated rings. The topological polar surface area (TPSA) is 108 Å². The summed E-state index contributed by atoms with van der Waals surface area (Å²) in [5.41, 5.74) is 1.10. The van der Waals surface area contributed by atoms with Gasteiger partial charge in [0, 0.05) is 18.0 Å². The fraction of sp³-hybridized carbons (Fsp3) is 0.559. The van der Waals surface area contributed by atoms with Crippen molar-refractivity contribution in [2.24, 2.45) is 5.92 Å². The molecule has 232 valence electrons. The fourth-order valence-electron chi connectivity index (χ4n) is 4.73. The second kappa shape index (κ2) is 14.6. The van der Waals surface area contributed by atoms with Crippen molar-refractivity contribution in [1.82, 2.24) is 15.5 Å². The van der Waals surface area contributed by atoms with Gasteiger partial charge >= 0.3 is 6.09 Å². The third-order valence-electron chi connectivity index (χ3n) is 6.64. The number of phenols is 1. The number of nitrogens with zero attached hydrogens (tertiary/aromatic N) is 1. The van der Waals surface area contributed by atoms with E-state index in [0.29, 0.717) is 17.9 Å². The molecule has 0 aromatic heterocycles. The van der Waals surface area contributed by atoms with Crippen LogP contribution in [0.15, 0.2) is 48.5 Å². The Morgan fingerprint density at radius 3 is 2.07 bits per heavy atom. The van der Waals surface area contributed by atoms with E-state index in [2.05, 4.69) is 24.5 Å². The molecule has 0 spiro atoms. The van der Waals surface area contributed by atoms with E-state index in [-0.39, 0.29) is 30.0 Å². The minimum absolute atomic E-state index is 0.101. The first kappa shape index (κ1) is 34.7. The van der Waals surface area contributed by atoms with Crippen LogP contribution in [0.3, 0.4) is 0 Å². The Bertz CT molecular complexity index is 1190. The number of hydrogen-bond acceptors (Lipinski definition) is 5. The average Bonchev–Trinajstić information content (AvgIpc) is 2.84. The van der Waals surface area contributed by atoms with E-state index in [1.165, 1.54) is 0 Å². The van der Waals surface area contributed by atoms with Crippen molar-refractivity contribution in [1.29, 1.82) is 0 Å². The molecule has 0 saturated carbocycles. The highest BCUT2D eigenvalue weighted by atomic mass is 16.6. The standard InChI is InChI=1S/C34H51N3O5/c1-22(2)14-15-24(4)37(29(30(39)36-33(5,6)7)26-13-11-12-23(3)20-26)31(40)28(35-32(41)42-34(8,9)10)21-25-16-18-27(38)19-17-25/h11-13,16-20,22,24,28-29,38H,14-15,21H2,1-10H3,(H,35,41)(H,36,39). The van der Waals surface area contributed by atoms with Gasteiger partial charge in [0.2, 0.25) is 11.8 Å². The van der Waals surface area contributed by atoms with Crippen molar-refractivity contribution in [3.8, 4) is 5.75 Å². The first-order chi connectivity index (χ1) is 19.4. The van der Waals surface area contributed by atoms with Crippen LogP contribution in [0.25, 0.3) is 0 Å². The predicted octanol–water partition coefficient (Wildman–Crippen LogP) is 6.45. The van der Waals surface area contributed by atoms with Gasteiger partial charge < -0.3 is 25.4 Å². The maximum atomic E-state index is 14.7. The van der Waals surface area contributed by atoms with Crippen molar-refractivity contribution >= 4 is 17.9 Å². The van der Waals surface area contributed by atoms with Crippen LogP contribution in [0, 0.1) is 12.8 Å². The number of benzene rings is 2. The van der Waals surface area contributed by atoms with E-state index in [1.807, 2.05) is 58.9 Å². The van der Waals surface area contributed by atoms with Crippen LogP contribution in [0.4, 0.5) is 4.79 Å². The molecular weight excluding hydrogens is 530 g/mol. The number of aromatic hydroxyl groups is 1. The van der Waals surface area contributed by atoms with Gasteiger partial charge in [0.15, 0.2) is 0 Å². The summed E-state index contributed by atoms with van der Waals surface area (Å²) < 4.78 is 5.53. The van der Waals surface area contributed by atoms with E-state index in [9.17, 15) is 19.5 Å². The molecular formula is C34H51N3O5.